The predicted octanol–water partition coefficient (Wildman–Crippen LogP) is 6.22. The van der Waals surface area contributed by atoms with E-state index in [-0.39, 0.29) is 11.8 Å². The standard InChI is InChI=1S/C23H23Cl2N3O.C2HF3O/c1-14-7-22(28(3)11-14)23(29)26-17-6-4-5-15(8-17)19-12-27(2)13-20-18(19)9-16(24)10-21(20)25;3-2(4,5)1-6/h4-11,19H,12-13H2,1-3H3,(H,26,29);1H. The number of nitrogens with zero attached hydrogens (tertiary/aromatic N) is 2. The van der Waals surface area contributed by atoms with E-state index in [4.69, 9.17) is 28.0 Å². The van der Waals surface area contributed by atoms with Gasteiger partial charge in [-0.3, -0.25) is 9.59 Å². The Morgan fingerprint density at radius 1 is 1.14 bits per heavy atom. The molecule has 2 heterocycles. The van der Waals surface area contributed by atoms with E-state index in [0.29, 0.717) is 15.7 Å². The van der Waals surface area contributed by atoms with E-state index in [0.717, 1.165) is 41.0 Å². The topological polar surface area (TPSA) is 54.3 Å². The maximum atomic E-state index is 12.7. The van der Waals surface area contributed by atoms with Crippen LogP contribution in [0.25, 0.3) is 0 Å². The lowest BCUT2D eigenvalue weighted by atomic mass is 9.84. The minimum atomic E-state index is -4.64. The third kappa shape index (κ3) is 6.87. The first-order valence-electron chi connectivity index (χ1n) is 10.6. The van der Waals surface area contributed by atoms with Crippen molar-refractivity contribution in [3.63, 3.8) is 0 Å². The molecule has 0 spiro atoms. The van der Waals surface area contributed by atoms with Gasteiger partial charge in [-0.2, -0.15) is 13.2 Å². The summed E-state index contributed by atoms with van der Waals surface area (Å²) in [5, 5.41) is 4.37. The quantitative estimate of drug-likeness (QED) is 0.413. The first-order valence-corrected chi connectivity index (χ1v) is 11.4. The van der Waals surface area contributed by atoms with Crippen molar-refractivity contribution >= 4 is 41.1 Å². The first kappa shape index (κ1) is 26.8. The van der Waals surface area contributed by atoms with Crippen molar-refractivity contribution in [2.75, 3.05) is 18.9 Å². The van der Waals surface area contributed by atoms with Gasteiger partial charge in [0.2, 0.25) is 6.29 Å². The fraction of sp³-hybridized carbons (Fsp3) is 0.280. The van der Waals surface area contributed by atoms with Crippen LogP contribution in [0.3, 0.4) is 0 Å². The molecule has 3 aromatic rings. The highest BCUT2D eigenvalue weighted by molar-refractivity contribution is 6.35. The van der Waals surface area contributed by atoms with Gasteiger partial charge in [-0.25, -0.2) is 0 Å². The lowest BCUT2D eigenvalue weighted by Gasteiger charge is -2.33. The fourth-order valence-corrected chi connectivity index (χ4v) is 4.68. The van der Waals surface area contributed by atoms with Crippen molar-refractivity contribution in [3.05, 3.63) is 86.7 Å². The highest BCUT2D eigenvalue weighted by Crippen LogP contribution is 2.38. The number of nitrogens with one attached hydrogen (secondary N) is 1. The summed E-state index contributed by atoms with van der Waals surface area (Å²) in [6, 6.07) is 13.7. The molecule has 10 heteroatoms. The lowest BCUT2D eigenvalue weighted by Crippen LogP contribution is -2.31. The van der Waals surface area contributed by atoms with E-state index in [1.165, 1.54) is 0 Å². The number of hydrogen-bond acceptors (Lipinski definition) is 3. The van der Waals surface area contributed by atoms with Crippen molar-refractivity contribution in [3.8, 4) is 0 Å². The Labute approximate surface area is 211 Å². The first-order chi connectivity index (χ1) is 16.4. The van der Waals surface area contributed by atoms with Crippen LogP contribution in [0.1, 0.15) is 38.7 Å². The molecule has 1 N–H and O–H groups in total. The minimum Gasteiger partial charge on any atom is -0.346 e. The van der Waals surface area contributed by atoms with E-state index >= 15 is 0 Å². The predicted molar refractivity (Wildman–Crippen MR) is 131 cm³/mol. The molecule has 1 atom stereocenters. The molecule has 1 aliphatic heterocycles. The van der Waals surface area contributed by atoms with Crippen LogP contribution in [-0.4, -0.2) is 41.4 Å². The third-order valence-corrected chi connectivity index (χ3v) is 6.10. The average molecular weight is 526 g/mol. The Balaban J connectivity index is 0.000000509. The van der Waals surface area contributed by atoms with Gasteiger partial charge in [0.25, 0.3) is 5.91 Å². The molecular weight excluding hydrogens is 502 g/mol. The molecular formula is C25H24Cl2F3N3O2. The minimum absolute atomic E-state index is 0.120. The van der Waals surface area contributed by atoms with Crippen LogP contribution in [0.15, 0.2) is 48.7 Å². The summed E-state index contributed by atoms with van der Waals surface area (Å²) in [4.78, 5) is 23.7. The molecule has 1 aliphatic rings. The van der Waals surface area contributed by atoms with Crippen LogP contribution in [0.2, 0.25) is 10.0 Å². The molecule has 2 aromatic carbocycles. The normalized spacial score (nSPS) is 15.6. The van der Waals surface area contributed by atoms with Gasteiger partial charge in [-0.15, -0.1) is 0 Å². The van der Waals surface area contributed by atoms with Crippen LogP contribution in [-0.2, 0) is 18.4 Å². The zero-order valence-corrected chi connectivity index (χ0v) is 20.8. The summed E-state index contributed by atoms with van der Waals surface area (Å²) in [6.07, 6.45) is -3.76. The zero-order chi connectivity index (χ0) is 25.9. The van der Waals surface area contributed by atoms with Crippen molar-refractivity contribution < 1.29 is 22.8 Å². The monoisotopic (exact) mass is 525 g/mol. The maximum absolute atomic E-state index is 12.7. The largest absolute Gasteiger partial charge is 0.446 e. The number of fused-ring (bicyclic) bond motifs is 1. The Hall–Kier alpha value is -2.81. The summed E-state index contributed by atoms with van der Waals surface area (Å²) >= 11 is 12.8. The number of alkyl halides is 3. The molecule has 0 bridgehead atoms. The van der Waals surface area contributed by atoms with Gasteiger partial charge in [0.05, 0.1) is 0 Å². The summed E-state index contributed by atoms with van der Waals surface area (Å²) in [6.45, 7) is 3.63. The molecule has 0 saturated heterocycles. The smallest absolute Gasteiger partial charge is 0.346 e. The second-order valence-electron chi connectivity index (χ2n) is 8.46. The Bertz CT molecular complexity index is 1240. The third-order valence-electron chi connectivity index (χ3n) is 5.55. The Kier molecular flexibility index (Phi) is 8.30. The number of hydrogen-bond donors (Lipinski definition) is 1. The molecule has 5 nitrogen and oxygen atoms in total. The lowest BCUT2D eigenvalue weighted by molar-refractivity contribution is -0.156. The van der Waals surface area contributed by atoms with Crippen LogP contribution < -0.4 is 5.32 Å². The van der Waals surface area contributed by atoms with E-state index in [1.807, 2.05) is 55.1 Å². The summed E-state index contributed by atoms with van der Waals surface area (Å²) < 4.78 is 33.1. The van der Waals surface area contributed by atoms with E-state index in [1.54, 1.807) is 6.07 Å². The number of carbonyl (C=O) groups is 2. The molecule has 0 radical (unpaired) electrons. The number of aromatic nitrogens is 1. The SMILES string of the molecule is Cc1cc(C(=O)Nc2cccc(C3CN(C)Cc4c(Cl)cc(Cl)cc43)c2)n(C)c1.O=CC(F)(F)F. The van der Waals surface area contributed by atoms with E-state index in [9.17, 15) is 18.0 Å². The van der Waals surface area contributed by atoms with E-state index < -0.39 is 12.5 Å². The van der Waals surface area contributed by atoms with Gasteiger partial charge in [-0.1, -0.05) is 35.3 Å². The molecule has 0 fully saturated rings. The Morgan fingerprint density at radius 2 is 1.83 bits per heavy atom. The molecule has 4 rings (SSSR count). The molecule has 186 valence electrons. The van der Waals surface area contributed by atoms with Gasteiger partial charge in [-0.05, 0) is 66.6 Å². The zero-order valence-electron chi connectivity index (χ0n) is 19.3. The Morgan fingerprint density at radius 3 is 2.43 bits per heavy atom. The van der Waals surface area contributed by atoms with Gasteiger partial charge in [0, 0.05) is 48.0 Å². The van der Waals surface area contributed by atoms with Gasteiger partial charge in [0.15, 0.2) is 0 Å². The maximum Gasteiger partial charge on any atom is 0.446 e. The number of anilines is 1. The number of halogens is 5. The number of aldehydes is 1. The van der Waals surface area contributed by atoms with Crippen LogP contribution in [0, 0.1) is 6.92 Å². The molecule has 0 aliphatic carbocycles. The van der Waals surface area contributed by atoms with Crippen LogP contribution >= 0.6 is 23.2 Å². The number of benzene rings is 2. The van der Waals surface area contributed by atoms with Gasteiger partial charge in [0.1, 0.15) is 5.69 Å². The number of aryl methyl sites for hydroxylation is 2. The second kappa shape index (κ2) is 10.8. The van der Waals surface area contributed by atoms with Crippen LogP contribution in [0.5, 0.6) is 0 Å². The fourth-order valence-electron chi connectivity index (χ4n) is 4.11. The molecule has 1 amide bonds. The summed E-state index contributed by atoms with van der Waals surface area (Å²) in [5.74, 6) is 0.0130. The molecule has 1 aromatic heterocycles. The van der Waals surface area contributed by atoms with Gasteiger partial charge >= 0.3 is 6.18 Å². The number of rotatable bonds is 3. The van der Waals surface area contributed by atoms with E-state index in [2.05, 4.69) is 23.3 Å². The molecule has 1 unspecified atom stereocenters. The number of amides is 1. The highest BCUT2D eigenvalue weighted by atomic mass is 35.5. The molecule has 35 heavy (non-hydrogen) atoms. The van der Waals surface area contributed by atoms with Crippen molar-refractivity contribution in [2.45, 2.75) is 25.6 Å². The van der Waals surface area contributed by atoms with Gasteiger partial charge < -0.3 is 14.8 Å². The van der Waals surface area contributed by atoms with Crippen LogP contribution in [0.4, 0.5) is 18.9 Å². The molecule has 0 saturated carbocycles. The number of likely N-dealkylation sites (N-methyl/N-ethyl adjacent to an activating group) is 1. The van der Waals surface area contributed by atoms with Crippen molar-refractivity contribution in [2.24, 2.45) is 7.05 Å². The summed E-state index contributed by atoms with van der Waals surface area (Å²) in [5.41, 5.74) is 5.85. The van der Waals surface area contributed by atoms with Crippen molar-refractivity contribution in [1.29, 1.82) is 0 Å². The average Bonchev–Trinajstić information content (AvgIpc) is 3.12. The van der Waals surface area contributed by atoms with Crippen molar-refractivity contribution in [1.82, 2.24) is 9.47 Å². The summed E-state index contributed by atoms with van der Waals surface area (Å²) in [7, 11) is 3.96. The second-order valence-corrected chi connectivity index (χ2v) is 9.30. The highest BCUT2D eigenvalue weighted by Gasteiger charge is 2.27. The number of carbonyl (C=O) groups excluding carboxylic acids is 2.